The maximum atomic E-state index is 14.0. The van der Waals surface area contributed by atoms with Crippen LogP contribution in [0.2, 0.25) is 0 Å². The maximum Gasteiger partial charge on any atom is 0.406 e. The van der Waals surface area contributed by atoms with Crippen LogP contribution in [0.15, 0.2) is 24.5 Å². The molecule has 0 aliphatic heterocycles. The molecular formula is C15H14F4N4. The van der Waals surface area contributed by atoms with Crippen LogP contribution in [0.25, 0.3) is 21.9 Å². The number of halogens is 4. The molecule has 0 bridgehead atoms. The van der Waals surface area contributed by atoms with Crippen LogP contribution in [0.4, 0.5) is 17.6 Å². The first-order chi connectivity index (χ1) is 10.8. The highest BCUT2D eigenvalue weighted by Crippen LogP contribution is 2.32. The van der Waals surface area contributed by atoms with Gasteiger partial charge in [0.05, 0.1) is 5.52 Å². The molecule has 1 aromatic carbocycles. The van der Waals surface area contributed by atoms with Crippen molar-refractivity contribution in [2.45, 2.75) is 19.3 Å². The number of nitrogens with zero attached hydrogens (tertiary/aromatic N) is 4. The monoisotopic (exact) mass is 326 g/mol. The Balaban J connectivity index is 2.30. The van der Waals surface area contributed by atoms with E-state index in [2.05, 4.69) is 9.97 Å². The smallest absolute Gasteiger partial charge is 0.326 e. The van der Waals surface area contributed by atoms with E-state index in [9.17, 15) is 17.6 Å². The molecular weight excluding hydrogens is 312 g/mol. The molecule has 23 heavy (non-hydrogen) atoms. The van der Waals surface area contributed by atoms with Gasteiger partial charge in [-0.25, -0.2) is 9.97 Å². The van der Waals surface area contributed by atoms with Crippen molar-refractivity contribution < 1.29 is 17.6 Å². The number of rotatable bonds is 3. The van der Waals surface area contributed by atoms with Gasteiger partial charge in [0.2, 0.25) is 5.95 Å². The van der Waals surface area contributed by atoms with E-state index < -0.39 is 18.7 Å². The van der Waals surface area contributed by atoms with Crippen LogP contribution in [0.3, 0.4) is 0 Å². The lowest BCUT2D eigenvalue weighted by atomic mass is 10.1. The molecule has 3 rings (SSSR count). The fourth-order valence-electron chi connectivity index (χ4n) is 2.73. The third-order valence-corrected chi connectivity index (χ3v) is 3.49. The number of hydrogen-bond acceptors (Lipinski definition) is 3. The van der Waals surface area contributed by atoms with Crippen LogP contribution < -0.4 is 0 Å². The van der Waals surface area contributed by atoms with Crippen molar-refractivity contribution in [3.05, 3.63) is 36.0 Å². The van der Waals surface area contributed by atoms with Crippen molar-refractivity contribution in [1.29, 1.82) is 0 Å². The lowest BCUT2D eigenvalue weighted by molar-refractivity contribution is -0.139. The fraction of sp³-hybridized carbons (Fsp3) is 0.333. The molecule has 0 radical (unpaired) electrons. The van der Waals surface area contributed by atoms with Crippen molar-refractivity contribution in [1.82, 2.24) is 19.4 Å². The average Bonchev–Trinajstić information content (AvgIpc) is 2.72. The molecule has 0 fully saturated rings. The summed E-state index contributed by atoms with van der Waals surface area (Å²) in [4.78, 5) is 9.31. The summed E-state index contributed by atoms with van der Waals surface area (Å²) in [5, 5.41) is 0.491. The van der Waals surface area contributed by atoms with E-state index in [4.69, 9.17) is 0 Å². The fourth-order valence-corrected chi connectivity index (χ4v) is 2.73. The molecule has 2 heterocycles. The Kier molecular flexibility index (Phi) is 3.71. The van der Waals surface area contributed by atoms with Crippen LogP contribution in [0.1, 0.15) is 5.56 Å². The Hall–Kier alpha value is -2.22. The summed E-state index contributed by atoms with van der Waals surface area (Å²) in [5.74, 6) is -0.954. The second kappa shape index (κ2) is 5.45. The second-order valence-corrected chi connectivity index (χ2v) is 5.65. The standard InChI is InChI=1S/C15H14F4N4/c1-22(2)6-9-3-4-11-10(5-9)12-13(14(16)21-8-20-12)23(11)7-15(17,18)19/h3-5,8H,6-7H2,1-2H3. The minimum absolute atomic E-state index is 0.192. The molecule has 8 heteroatoms. The quantitative estimate of drug-likeness (QED) is 0.547. The van der Waals surface area contributed by atoms with Gasteiger partial charge in [-0.1, -0.05) is 6.07 Å². The summed E-state index contributed by atoms with van der Waals surface area (Å²) in [6.07, 6.45) is -3.45. The lowest BCUT2D eigenvalue weighted by Crippen LogP contribution is -2.18. The van der Waals surface area contributed by atoms with Gasteiger partial charge in [-0.3, -0.25) is 0 Å². The summed E-state index contributed by atoms with van der Waals surface area (Å²) < 4.78 is 53.5. The van der Waals surface area contributed by atoms with E-state index in [1.54, 1.807) is 18.2 Å². The van der Waals surface area contributed by atoms with Gasteiger partial charge in [-0.15, -0.1) is 0 Å². The largest absolute Gasteiger partial charge is 0.406 e. The van der Waals surface area contributed by atoms with Gasteiger partial charge in [0.15, 0.2) is 0 Å². The highest BCUT2D eigenvalue weighted by Gasteiger charge is 2.31. The number of aromatic nitrogens is 3. The van der Waals surface area contributed by atoms with Gasteiger partial charge in [0, 0.05) is 11.9 Å². The van der Waals surface area contributed by atoms with Crippen LogP contribution >= 0.6 is 0 Å². The van der Waals surface area contributed by atoms with E-state index >= 15 is 0 Å². The highest BCUT2D eigenvalue weighted by molar-refractivity contribution is 6.05. The normalized spacial score (nSPS) is 12.7. The van der Waals surface area contributed by atoms with Crippen LogP contribution in [0.5, 0.6) is 0 Å². The molecule has 3 aromatic rings. The number of fused-ring (bicyclic) bond motifs is 3. The Morgan fingerprint density at radius 2 is 1.91 bits per heavy atom. The minimum Gasteiger partial charge on any atom is -0.326 e. The zero-order chi connectivity index (χ0) is 16.8. The Bertz CT molecular complexity index is 867. The molecule has 122 valence electrons. The Morgan fingerprint density at radius 1 is 1.17 bits per heavy atom. The lowest BCUT2D eigenvalue weighted by Gasteiger charge is -2.11. The molecule has 0 saturated heterocycles. The Labute approximate surface area is 129 Å². The highest BCUT2D eigenvalue weighted by atomic mass is 19.4. The first kappa shape index (κ1) is 15.7. The molecule has 0 spiro atoms. The minimum atomic E-state index is -4.47. The molecule has 0 aliphatic rings. The van der Waals surface area contributed by atoms with E-state index in [1.807, 2.05) is 19.0 Å². The zero-order valence-electron chi connectivity index (χ0n) is 12.5. The van der Waals surface area contributed by atoms with Crippen LogP contribution in [-0.4, -0.2) is 39.7 Å². The van der Waals surface area contributed by atoms with Crippen LogP contribution in [-0.2, 0) is 13.1 Å². The SMILES string of the molecule is CN(C)Cc1ccc2c(c1)c1ncnc(F)c1n2CC(F)(F)F. The molecule has 0 N–H and O–H groups in total. The molecule has 0 saturated carbocycles. The topological polar surface area (TPSA) is 34.0 Å². The van der Waals surface area contributed by atoms with Gasteiger partial charge in [0.1, 0.15) is 23.9 Å². The van der Waals surface area contributed by atoms with Gasteiger partial charge in [-0.2, -0.15) is 17.6 Å². The summed E-state index contributed by atoms with van der Waals surface area (Å²) in [6.45, 7) is -0.667. The molecule has 0 unspecified atom stereocenters. The third-order valence-electron chi connectivity index (χ3n) is 3.49. The second-order valence-electron chi connectivity index (χ2n) is 5.65. The van der Waals surface area contributed by atoms with E-state index in [-0.39, 0.29) is 11.0 Å². The van der Waals surface area contributed by atoms with E-state index in [0.717, 1.165) is 16.5 Å². The average molecular weight is 326 g/mol. The van der Waals surface area contributed by atoms with E-state index in [0.29, 0.717) is 17.4 Å². The predicted molar refractivity (Wildman–Crippen MR) is 78.4 cm³/mol. The zero-order valence-corrected chi connectivity index (χ0v) is 12.5. The van der Waals surface area contributed by atoms with Crippen molar-refractivity contribution in [2.75, 3.05) is 14.1 Å². The van der Waals surface area contributed by atoms with E-state index in [1.165, 1.54) is 0 Å². The van der Waals surface area contributed by atoms with Gasteiger partial charge < -0.3 is 9.47 Å². The van der Waals surface area contributed by atoms with Crippen molar-refractivity contribution in [2.24, 2.45) is 0 Å². The van der Waals surface area contributed by atoms with Gasteiger partial charge in [0.25, 0.3) is 0 Å². The number of hydrogen-bond donors (Lipinski definition) is 0. The maximum absolute atomic E-state index is 14.0. The molecule has 0 aliphatic carbocycles. The van der Waals surface area contributed by atoms with Gasteiger partial charge >= 0.3 is 6.18 Å². The van der Waals surface area contributed by atoms with Crippen molar-refractivity contribution in [3.8, 4) is 0 Å². The molecule has 2 aromatic heterocycles. The number of alkyl halides is 3. The first-order valence-corrected chi connectivity index (χ1v) is 6.89. The van der Waals surface area contributed by atoms with Crippen molar-refractivity contribution >= 4 is 21.9 Å². The predicted octanol–water partition coefficient (Wildman–Crippen LogP) is 3.35. The van der Waals surface area contributed by atoms with Crippen LogP contribution in [0, 0.1) is 5.95 Å². The molecule has 4 nitrogen and oxygen atoms in total. The number of benzene rings is 1. The Morgan fingerprint density at radius 3 is 2.57 bits per heavy atom. The summed E-state index contributed by atoms with van der Waals surface area (Å²) in [5.41, 5.74) is 1.17. The summed E-state index contributed by atoms with van der Waals surface area (Å²) in [7, 11) is 3.78. The van der Waals surface area contributed by atoms with Crippen molar-refractivity contribution in [3.63, 3.8) is 0 Å². The molecule has 0 atom stereocenters. The van der Waals surface area contributed by atoms with Gasteiger partial charge in [-0.05, 0) is 31.8 Å². The molecule has 0 amide bonds. The summed E-state index contributed by atoms with van der Waals surface area (Å²) >= 11 is 0. The third kappa shape index (κ3) is 2.98. The summed E-state index contributed by atoms with van der Waals surface area (Å²) in [6, 6.07) is 5.05. The first-order valence-electron chi connectivity index (χ1n) is 6.89.